The summed E-state index contributed by atoms with van der Waals surface area (Å²) in [5.74, 6) is 4.15. The van der Waals surface area contributed by atoms with Gasteiger partial charge in [0, 0.05) is 0 Å². The normalized spacial score (nSPS) is 14.0. The van der Waals surface area contributed by atoms with E-state index in [9.17, 15) is 0 Å². The first-order chi connectivity index (χ1) is 4.72. The third-order valence-electron chi connectivity index (χ3n) is 1.59. The molecule has 0 radical (unpaired) electrons. The van der Waals surface area contributed by atoms with Crippen molar-refractivity contribution in [1.29, 1.82) is 0 Å². The van der Waals surface area contributed by atoms with Crippen LogP contribution in [0.15, 0.2) is 23.2 Å². The van der Waals surface area contributed by atoms with Gasteiger partial charge < -0.3 is 0 Å². The maximum atomic E-state index is 2.12. The molecule has 0 heterocycles. The van der Waals surface area contributed by atoms with Crippen molar-refractivity contribution in [2.24, 2.45) is 0 Å². The Labute approximate surface area is 64.6 Å². The fourth-order valence-electron chi connectivity index (χ4n) is 0.600. The van der Waals surface area contributed by atoms with Crippen LogP contribution in [0.3, 0.4) is 0 Å². The molecular weight excluding hydrogens is 119 g/mol. The van der Waals surface area contributed by atoms with Crippen molar-refractivity contribution in [2.75, 3.05) is 0 Å². The number of hydrogen-bond donors (Lipinski definition) is 0. The predicted octanol–water partition coefficient (Wildman–Crippen LogP) is 2.38. The zero-order chi connectivity index (χ0) is 7.98. The molecule has 0 fully saturated rings. The van der Waals surface area contributed by atoms with Crippen molar-refractivity contribution < 1.29 is 0 Å². The quantitative estimate of drug-likeness (QED) is 0.401. The maximum absolute atomic E-state index is 2.12. The zero-order valence-electron chi connectivity index (χ0n) is 7.31. The first-order valence-electron chi connectivity index (χ1n) is 3.65. The van der Waals surface area contributed by atoms with E-state index in [1.807, 2.05) is 12.9 Å². The van der Waals surface area contributed by atoms with Crippen molar-refractivity contribution in [3.05, 3.63) is 23.2 Å². The molecule has 0 bridgehead atoms. The molecule has 0 spiro atoms. The minimum atomic E-state index is 1.33. The van der Waals surface area contributed by atoms with Gasteiger partial charge >= 0.3 is 63.8 Å². The molecule has 0 atom stereocenters. The Morgan fingerprint density at radius 3 is 2.10 bits per heavy atom. The fraction of sp³-hybridized carbons (Fsp3) is 0.444. The second kappa shape index (κ2) is 5.22. The first kappa shape index (κ1) is 9.41. The molecule has 0 rings (SSSR count). The fourth-order valence-corrected chi connectivity index (χ4v) is 0.600. The van der Waals surface area contributed by atoms with Crippen LogP contribution in [0.1, 0.15) is 27.7 Å². The molecule has 0 aliphatic heterocycles. The number of rotatable bonds is 2. The Bertz CT molecular complexity index is 173. The average Bonchev–Trinajstić information content (AvgIpc) is 1.98. The summed E-state index contributed by atoms with van der Waals surface area (Å²) in [6.45, 7) is 10.4. The van der Waals surface area contributed by atoms with Crippen LogP contribution >= 0.6 is 0 Å². The van der Waals surface area contributed by atoms with Gasteiger partial charge in [0.15, 0.2) is 0 Å². The Kier molecular flexibility index (Phi) is 4.91. The summed E-state index contributed by atoms with van der Waals surface area (Å²) in [7, 11) is 0. The zero-order valence-corrected chi connectivity index (χ0v) is 7.31. The summed E-state index contributed by atoms with van der Waals surface area (Å²) < 4.78 is 0. The van der Waals surface area contributed by atoms with Crippen LogP contribution in [-0.4, -0.2) is 12.9 Å². The van der Waals surface area contributed by atoms with Crippen LogP contribution in [0.25, 0.3) is 0 Å². The van der Waals surface area contributed by atoms with Crippen LogP contribution in [0.4, 0.5) is 0 Å². The van der Waals surface area contributed by atoms with Gasteiger partial charge in [-0.1, -0.05) is 0 Å². The average molecular weight is 134 g/mol. The standard InChI is InChI=1S/C9H15B/c1-5-8(3)9(4)7-10-6-2/h5-7H,1-4H3/b8-5+,9-7-. The van der Waals surface area contributed by atoms with E-state index in [1.54, 1.807) is 0 Å². The molecule has 0 saturated carbocycles. The van der Waals surface area contributed by atoms with Gasteiger partial charge in [-0.25, -0.2) is 0 Å². The van der Waals surface area contributed by atoms with Crippen LogP contribution in [0, 0.1) is 0 Å². The van der Waals surface area contributed by atoms with E-state index < -0.39 is 0 Å². The summed E-state index contributed by atoms with van der Waals surface area (Å²) in [4.78, 5) is 0. The van der Waals surface area contributed by atoms with Gasteiger partial charge in [0.05, 0.1) is 0 Å². The Balaban J connectivity index is 4.19. The molecule has 0 unspecified atom stereocenters. The van der Waals surface area contributed by atoms with Crippen LogP contribution < -0.4 is 0 Å². The molecule has 0 saturated heterocycles. The summed E-state index contributed by atoms with van der Waals surface area (Å²) in [6.07, 6.45) is 2.12. The first-order valence-corrected chi connectivity index (χ1v) is 3.65. The molecule has 1 heteroatoms. The Morgan fingerprint density at radius 2 is 1.70 bits per heavy atom. The molecule has 0 aliphatic rings. The molecule has 0 amide bonds. The van der Waals surface area contributed by atoms with Crippen molar-refractivity contribution in [1.82, 2.24) is 0 Å². The SMILES string of the molecule is C\C=B/C=C(C)\C(C)=C\C. The topological polar surface area (TPSA) is 0 Å². The van der Waals surface area contributed by atoms with E-state index in [0.29, 0.717) is 0 Å². The molecule has 0 aromatic heterocycles. The summed E-state index contributed by atoms with van der Waals surface area (Å²) in [6, 6.07) is 0. The van der Waals surface area contributed by atoms with Crippen LogP contribution in [0.5, 0.6) is 0 Å². The monoisotopic (exact) mass is 134 g/mol. The van der Waals surface area contributed by atoms with Crippen molar-refractivity contribution in [3.63, 3.8) is 0 Å². The molecule has 0 nitrogen and oxygen atoms in total. The second-order valence-corrected chi connectivity index (χ2v) is 2.35. The van der Waals surface area contributed by atoms with E-state index in [0.717, 1.165) is 0 Å². The molecule has 0 aromatic carbocycles. The second-order valence-electron chi connectivity index (χ2n) is 2.35. The van der Waals surface area contributed by atoms with E-state index in [4.69, 9.17) is 0 Å². The number of hydrogen-bond acceptors (Lipinski definition) is 0. The third-order valence-corrected chi connectivity index (χ3v) is 1.59. The molecular formula is C9H15B. The van der Waals surface area contributed by atoms with E-state index >= 15 is 0 Å². The van der Waals surface area contributed by atoms with Crippen molar-refractivity contribution in [2.45, 2.75) is 27.7 Å². The molecule has 0 aromatic rings. The van der Waals surface area contributed by atoms with Gasteiger partial charge in [-0.15, -0.1) is 0 Å². The third kappa shape index (κ3) is 3.44. The van der Waals surface area contributed by atoms with Crippen LogP contribution in [-0.2, 0) is 0 Å². The van der Waals surface area contributed by atoms with Crippen molar-refractivity contribution in [3.8, 4) is 0 Å². The van der Waals surface area contributed by atoms with E-state index in [1.165, 1.54) is 11.1 Å². The minimum absolute atomic E-state index is 1.33. The molecule has 10 heavy (non-hydrogen) atoms. The van der Waals surface area contributed by atoms with Gasteiger partial charge in [-0.2, -0.15) is 0 Å². The molecule has 54 valence electrons. The van der Waals surface area contributed by atoms with Gasteiger partial charge in [0.2, 0.25) is 0 Å². The van der Waals surface area contributed by atoms with E-state index in [2.05, 4.69) is 39.7 Å². The number of allylic oxidation sites excluding steroid dienone is 3. The van der Waals surface area contributed by atoms with Gasteiger partial charge in [-0.3, -0.25) is 0 Å². The molecule has 0 N–H and O–H groups in total. The Morgan fingerprint density at radius 1 is 1.10 bits per heavy atom. The van der Waals surface area contributed by atoms with E-state index in [-0.39, 0.29) is 0 Å². The van der Waals surface area contributed by atoms with Crippen molar-refractivity contribution >= 4 is 12.9 Å². The summed E-state index contributed by atoms with van der Waals surface area (Å²) in [5.41, 5.74) is 2.68. The van der Waals surface area contributed by atoms with Crippen LogP contribution in [0.2, 0.25) is 0 Å². The summed E-state index contributed by atoms with van der Waals surface area (Å²) in [5, 5.41) is 0. The predicted molar refractivity (Wildman–Crippen MR) is 50.7 cm³/mol. The molecule has 0 aliphatic carbocycles. The summed E-state index contributed by atoms with van der Waals surface area (Å²) >= 11 is 0. The van der Waals surface area contributed by atoms with Gasteiger partial charge in [0.25, 0.3) is 0 Å². The van der Waals surface area contributed by atoms with Gasteiger partial charge in [0.1, 0.15) is 0 Å². The Hall–Kier alpha value is -0.585. The van der Waals surface area contributed by atoms with Gasteiger partial charge in [-0.05, 0) is 0 Å².